The van der Waals surface area contributed by atoms with Crippen LogP contribution in [0.3, 0.4) is 0 Å². The molecule has 1 amide bonds. The summed E-state index contributed by atoms with van der Waals surface area (Å²) in [6, 6.07) is 3.75. The normalized spacial score (nSPS) is 10.7. The summed E-state index contributed by atoms with van der Waals surface area (Å²) in [7, 11) is 2.03. The molecule has 0 aliphatic rings. The van der Waals surface area contributed by atoms with E-state index >= 15 is 0 Å². The van der Waals surface area contributed by atoms with Crippen LogP contribution in [0.2, 0.25) is 0 Å². The van der Waals surface area contributed by atoms with Gasteiger partial charge in [-0.2, -0.15) is 0 Å². The second-order valence-corrected chi connectivity index (χ2v) is 5.62. The molecule has 0 saturated heterocycles. The van der Waals surface area contributed by atoms with Gasteiger partial charge in [-0.1, -0.05) is 27.2 Å². The molecule has 4 nitrogen and oxygen atoms in total. The van der Waals surface area contributed by atoms with E-state index in [0.29, 0.717) is 18.0 Å². The number of amides is 1. The molecule has 0 bridgehead atoms. The summed E-state index contributed by atoms with van der Waals surface area (Å²) >= 11 is 0. The van der Waals surface area contributed by atoms with Gasteiger partial charge in [0, 0.05) is 26.3 Å². The Labute approximate surface area is 122 Å². The van der Waals surface area contributed by atoms with Gasteiger partial charge in [0.25, 0.3) is 5.91 Å². The minimum Gasteiger partial charge on any atom is -0.360 e. The van der Waals surface area contributed by atoms with Crippen molar-refractivity contribution >= 4 is 11.7 Å². The summed E-state index contributed by atoms with van der Waals surface area (Å²) in [6.45, 7) is 8.17. The molecule has 0 fully saturated rings. The smallest absolute Gasteiger partial charge is 0.252 e. The lowest BCUT2D eigenvalue weighted by Gasteiger charge is -2.17. The van der Waals surface area contributed by atoms with Crippen molar-refractivity contribution in [1.82, 2.24) is 10.3 Å². The number of nitrogens with zero attached hydrogens (tertiary/aromatic N) is 2. The lowest BCUT2D eigenvalue weighted by atomic mass is 10.1. The zero-order valence-corrected chi connectivity index (χ0v) is 13.1. The molecule has 0 saturated carbocycles. The first kappa shape index (κ1) is 16.5. The molecule has 0 atom stereocenters. The number of hydrogen-bond acceptors (Lipinski definition) is 3. The molecule has 0 aliphatic carbocycles. The van der Waals surface area contributed by atoms with Crippen molar-refractivity contribution < 1.29 is 4.79 Å². The molecule has 0 unspecified atom stereocenters. The van der Waals surface area contributed by atoms with Crippen LogP contribution in [-0.2, 0) is 0 Å². The summed E-state index contributed by atoms with van der Waals surface area (Å²) in [5, 5.41) is 2.92. The van der Waals surface area contributed by atoms with Gasteiger partial charge >= 0.3 is 0 Å². The Morgan fingerprint density at radius 2 is 2.15 bits per heavy atom. The molecule has 4 heteroatoms. The molecule has 1 N–H and O–H groups in total. The van der Waals surface area contributed by atoms with Crippen molar-refractivity contribution in [3.63, 3.8) is 0 Å². The number of nitrogens with one attached hydrogen (secondary N) is 1. The van der Waals surface area contributed by atoms with Gasteiger partial charge in [0.2, 0.25) is 0 Å². The van der Waals surface area contributed by atoms with E-state index in [2.05, 4.69) is 36.0 Å². The maximum absolute atomic E-state index is 11.9. The zero-order valence-electron chi connectivity index (χ0n) is 13.1. The third kappa shape index (κ3) is 5.59. The number of hydrogen-bond donors (Lipinski definition) is 1. The molecule has 1 aromatic heterocycles. The Morgan fingerprint density at radius 3 is 2.70 bits per heavy atom. The highest BCUT2D eigenvalue weighted by Gasteiger charge is 2.07. The molecule has 0 aliphatic heterocycles. The second-order valence-electron chi connectivity index (χ2n) is 5.62. The van der Waals surface area contributed by atoms with Crippen LogP contribution < -0.4 is 10.2 Å². The average Bonchev–Trinajstić information content (AvgIpc) is 2.44. The fraction of sp³-hybridized carbons (Fsp3) is 0.625. The number of aromatic nitrogens is 1. The quantitative estimate of drug-likeness (QED) is 0.794. The SMILES string of the molecule is CCCCN(C)c1ccc(C(=O)NCCC(C)C)cn1. The van der Waals surface area contributed by atoms with E-state index in [1.807, 2.05) is 19.2 Å². The van der Waals surface area contributed by atoms with Gasteiger partial charge in [-0.05, 0) is 30.9 Å². The van der Waals surface area contributed by atoms with Gasteiger partial charge in [-0.3, -0.25) is 4.79 Å². The van der Waals surface area contributed by atoms with Crippen LogP contribution in [0.1, 0.15) is 50.4 Å². The first-order valence-corrected chi connectivity index (χ1v) is 7.50. The first-order valence-electron chi connectivity index (χ1n) is 7.50. The van der Waals surface area contributed by atoms with Crippen LogP contribution in [-0.4, -0.2) is 31.0 Å². The number of pyridine rings is 1. The summed E-state index contributed by atoms with van der Waals surface area (Å²) < 4.78 is 0. The van der Waals surface area contributed by atoms with E-state index in [9.17, 15) is 4.79 Å². The van der Waals surface area contributed by atoms with Crippen LogP contribution in [0, 0.1) is 5.92 Å². The van der Waals surface area contributed by atoms with Crippen LogP contribution >= 0.6 is 0 Å². The minimum absolute atomic E-state index is 0.0408. The number of anilines is 1. The van der Waals surface area contributed by atoms with E-state index < -0.39 is 0 Å². The van der Waals surface area contributed by atoms with Crippen molar-refractivity contribution in [2.75, 3.05) is 25.0 Å². The van der Waals surface area contributed by atoms with E-state index in [0.717, 1.165) is 25.2 Å². The monoisotopic (exact) mass is 277 g/mol. The fourth-order valence-corrected chi connectivity index (χ4v) is 1.83. The highest BCUT2D eigenvalue weighted by Crippen LogP contribution is 2.10. The third-order valence-electron chi connectivity index (χ3n) is 3.26. The Hall–Kier alpha value is -1.58. The van der Waals surface area contributed by atoms with Crippen LogP contribution in [0.5, 0.6) is 0 Å². The molecular weight excluding hydrogens is 250 g/mol. The number of unbranched alkanes of at least 4 members (excludes halogenated alkanes) is 1. The molecule has 1 rings (SSSR count). The maximum Gasteiger partial charge on any atom is 0.252 e. The molecule has 0 spiro atoms. The largest absolute Gasteiger partial charge is 0.360 e. The van der Waals surface area contributed by atoms with Crippen molar-refractivity contribution in [2.24, 2.45) is 5.92 Å². The lowest BCUT2D eigenvalue weighted by molar-refractivity contribution is 0.0951. The Morgan fingerprint density at radius 1 is 1.40 bits per heavy atom. The molecule has 0 radical (unpaired) electrons. The summed E-state index contributed by atoms with van der Waals surface area (Å²) in [5.74, 6) is 1.47. The van der Waals surface area contributed by atoms with Crippen LogP contribution in [0.4, 0.5) is 5.82 Å². The molecule has 112 valence electrons. The predicted octanol–water partition coefficient (Wildman–Crippen LogP) is 3.09. The maximum atomic E-state index is 11.9. The van der Waals surface area contributed by atoms with Gasteiger partial charge in [0.15, 0.2) is 0 Å². The lowest BCUT2D eigenvalue weighted by Crippen LogP contribution is -2.26. The molecule has 1 aromatic rings. The Kier molecular flexibility index (Phi) is 7.05. The number of carbonyl (C=O) groups excluding carboxylic acids is 1. The van der Waals surface area contributed by atoms with E-state index in [4.69, 9.17) is 0 Å². The van der Waals surface area contributed by atoms with Crippen molar-refractivity contribution in [3.05, 3.63) is 23.9 Å². The number of rotatable bonds is 8. The highest BCUT2D eigenvalue weighted by atomic mass is 16.1. The average molecular weight is 277 g/mol. The van der Waals surface area contributed by atoms with Gasteiger partial charge in [-0.25, -0.2) is 4.98 Å². The van der Waals surface area contributed by atoms with Crippen LogP contribution in [0.25, 0.3) is 0 Å². The Bertz CT molecular complexity index is 401. The second kappa shape index (κ2) is 8.56. The fourth-order valence-electron chi connectivity index (χ4n) is 1.83. The Balaban J connectivity index is 2.50. The van der Waals surface area contributed by atoms with Gasteiger partial charge in [0.1, 0.15) is 5.82 Å². The molecular formula is C16H27N3O. The predicted molar refractivity (Wildman–Crippen MR) is 84.2 cm³/mol. The molecule has 20 heavy (non-hydrogen) atoms. The van der Waals surface area contributed by atoms with Crippen molar-refractivity contribution in [1.29, 1.82) is 0 Å². The molecule has 0 aromatic carbocycles. The summed E-state index contributed by atoms with van der Waals surface area (Å²) in [4.78, 5) is 18.4. The standard InChI is InChI=1S/C16H27N3O/c1-5-6-11-19(4)15-8-7-14(12-18-15)16(20)17-10-9-13(2)3/h7-8,12-13H,5-6,9-11H2,1-4H3,(H,17,20). The minimum atomic E-state index is -0.0408. The summed E-state index contributed by atoms with van der Waals surface area (Å²) in [5.41, 5.74) is 0.626. The van der Waals surface area contributed by atoms with Crippen molar-refractivity contribution in [3.8, 4) is 0 Å². The number of carbonyl (C=O) groups is 1. The van der Waals surface area contributed by atoms with Gasteiger partial charge < -0.3 is 10.2 Å². The van der Waals surface area contributed by atoms with Crippen LogP contribution in [0.15, 0.2) is 18.3 Å². The zero-order chi connectivity index (χ0) is 15.0. The topological polar surface area (TPSA) is 45.2 Å². The van der Waals surface area contributed by atoms with E-state index in [1.54, 1.807) is 6.20 Å². The highest BCUT2D eigenvalue weighted by molar-refractivity contribution is 5.94. The van der Waals surface area contributed by atoms with Gasteiger partial charge in [-0.15, -0.1) is 0 Å². The molecule has 1 heterocycles. The van der Waals surface area contributed by atoms with E-state index in [1.165, 1.54) is 6.42 Å². The van der Waals surface area contributed by atoms with Crippen molar-refractivity contribution in [2.45, 2.75) is 40.0 Å². The summed E-state index contributed by atoms with van der Waals surface area (Å²) in [6.07, 6.45) is 4.97. The van der Waals surface area contributed by atoms with Gasteiger partial charge in [0.05, 0.1) is 5.56 Å². The first-order chi connectivity index (χ1) is 9.54. The third-order valence-corrected chi connectivity index (χ3v) is 3.26. The van der Waals surface area contributed by atoms with E-state index in [-0.39, 0.29) is 5.91 Å².